The minimum atomic E-state index is 0.290. The minimum absolute atomic E-state index is 0.290. The molecule has 17 heavy (non-hydrogen) atoms. The zero-order valence-corrected chi connectivity index (χ0v) is 12.1. The molecule has 1 unspecified atom stereocenters. The molecule has 0 amide bonds. The standard InChI is InChI=1S/C13H24N2OS/c1-5-6-14-7-13-15-12(9-17-13)8-16-11(4)10(2)3/h9-11,14H,5-8H2,1-4H3. The Bertz CT molecular complexity index is 312. The van der Waals surface area contributed by atoms with Gasteiger partial charge in [0.2, 0.25) is 0 Å². The number of aromatic nitrogens is 1. The van der Waals surface area contributed by atoms with Crippen LogP contribution in [0.25, 0.3) is 0 Å². The molecule has 0 radical (unpaired) electrons. The summed E-state index contributed by atoms with van der Waals surface area (Å²) < 4.78 is 5.75. The van der Waals surface area contributed by atoms with Crippen LogP contribution in [0, 0.1) is 5.92 Å². The smallest absolute Gasteiger partial charge is 0.107 e. The molecule has 0 aliphatic carbocycles. The molecule has 0 aromatic carbocycles. The molecule has 0 spiro atoms. The lowest BCUT2D eigenvalue weighted by atomic mass is 10.1. The molecule has 3 nitrogen and oxygen atoms in total. The number of nitrogens with one attached hydrogen (secondary N) is 1. The van der Waals surface area contributed by atoms with Crippen LogP contribution in [0.3, 0.4) is 0 Å². The van der Waals surface area contributed by atoms with Gasteiger partial charge in [0.1, 0.15) is 5.01 Å². The Kier molecular flexibility index (Phi) is 6.70. The first-order valence-corrected chi connectivity index (χ1v) is 7.27. The predicted molar refractivity (Wildman–Crippen MR) is 73.2 cm³/mol. The van der Waals surface area contributed by atoms with Crippen LogP contribution in [-0.2, 0) is 17.9 Å². The predicted octanol–water partition coefficient (Wildman–Crippen LogP) is 3.20. The first-order chi connectivity index (χ1) is 8.13. The van der Waals surface area contributed by atoms with Crippen molar-refractivity contribution in [1.29, 1.82) is 0 Å². The third-order valence-electron chi connectivity index (χ3n) is 2.74. The van der Waals surface area contributed by atoms with Crippen molar-refractivity contribution < 1.29 is 4.74 Å². The van der Waals surface area contributed by atoms with Crippen molar-refractivity contribution in [2.45, 2.75) is 53.4 Å². The summed E-state index contributed by atoms with van der Waals surface area (Å²) in [7, 11) is 0. The lowest BCUT2D eigenvalue weighted by Crippen LogP contribution is -2.15. The maximum atomic E-state index is 5.75. The SMILES string of the molecule is CCCNCc1nc(COC(C)C(C)C)cs1. The van der Waals surface area contributed by atoms with Gasteiger partial charge in [-0.15, -0.1) is 11.3 Å². The topological polar surface area (TPSA) is 34.2 Å². The third kappa shape index (κ3) is 5.61. The van der Waals surface area contributed by atoms with E-state index in [9.17, 15) is 0 Å². The van der Waals surface area contributed by atoms with E-state index < -0.39 is 0 Å². The lowest BCUT2D eigenvalue weighted by Gasteiger charge is -2.15. The molecule has 1 rings (SSSR count). The molecule has 0 saturated carbocycles. The van der Waals surface area contributed by atoms with E-state index >= 15 is 0 Å². The van der Waals surface area contributed by atoms with Crippen LogP contribution in [-0.4, -0.2) is 17.6 Å². The first-order valence-electron chi connectivity index (χ1n) is 6.39. The van der Waals surface area contributed by atoms with E-state index in [-0.39, 0.29) is 0 Å². The van der Waals surface area contributed by atoms with Crippen molar-refractivity contribution in [3.05, 3.63) is 16.1 Å². The highest BCUT2D eigenvalue weighted by molar-refractivity contribution is 7.09. The van der Waals surface area contributed by atoms with Gasteiger partial charge in [-0.25, -0.2) is 4.98 Å². The molecule has 0 fully saturated rings. The summed E-state index contributed by atoms with van der Waals surface area (Å²) in [5.41, 5.74) is 1.05. The normalized spacial score (nSPS) is 13.2. The monoisotopic (exact) mass is 256 g/mol. The summed E-state index contributed by atoms with van der Waals surface area (Å²) in [5.74, 6) is 0.555. The molecular formula is C13H24N2OS. The Morgan fingerprint density at radius 2 is 2.18 bits per heavy atom. The van der Waals surface area contributed by atoms with Crippen LogP contribution >= 0.6 is 11.3 Å². The largest absolute Gasteiger partial charge is 0.372 e. The fraction of sp³-hybridized carbons (Fsp3) is 0.769. The molecule has 1 aromatic heterocycles. The highest BCUT2D eigenvalue weighted by Gasteiger charge is 2.08. The van der Waals surface area contributed by atoms with Crippen molar-refractivity contribution in [2.75, 3.05) is 6.54 Å². The van der Waals surface area contributed by atoms with Gasteiger partial charge < -0.3 is 10.1 Å². The van der Waals surface area contributed by atoms with Gasteiger partial charge in [0, 0.05) is 11.9 Å². The van der Waals surface area contributed by atoms with Crippen molar-refractivity contribution in [2.24, 2.45) is 5.92 Å². The quantitative estimate of drug-likeness (QED) is 0.725. The molecule has 0 aliphatic heterocycles. The molecular weight excluding hydrogens is 232 g/mol. The molecule has 0 saturated heterocycles. The number of hydrogen-bond donors (Lipinski definition) is 1. The molecule has 0 aliphatic rings. The lowest BCUT2D eigenvalue weighted by molar-refractivity contribution is 0.0220. The second-order valence-corrected chi connectivity index (χ2v) is 5.61. The molecule has 98 valence electrons. The first kappa shape index (κ1) is 14.6. The van der Waals surface area contributed by atoms with Crippen LogP contribution in [0.1, 0.15) is 44.8 Å². The number of thiazole rings is 1. The van der Waals surface area contributed by atoms with Crippen molar-refractivity contribution in [3.8, 4) is 0 Å². The average Bonchev–Trinajstić information content (AvgIpc) is 2.74. The molecule has 1 heterocycles. The van der Waals surface area contributed by atoms with E-state index in [1.807, 2.05) is 0 Å². The fourth-order valence-corrected chi connectivity index (χ4v) is 2.03. The third-order valence-corrected chi connectivity index (χ3v) is 3.63. The number of hydrogen-bond acceptors (Lipinski definition) is 4. The Morgan fingerprint density at radius 3 is 2.82 bits per heavy atom. The Hall–Kier alpha value is -0.450. The Labute approximate surface area is 109 Å². The zero-order chi connectivity index (χ0) is 12.7. The van der Waals surface area contributed by atoms with E-state index in [0.29, 0.717) is 18.6 Å². The van der Waals surface area contributed by atoms with Gasteiger partial charge >= 0.3 is 0 Å². The summed E-state index contributed by atoms with van der Waals surface area (Å²) in [4.78, 5) is 4.54. The van der Waals surface area contributed by atoms with Crippen molar-refractivity contribution >= 4 is 11.3 Å². The summed E-state index contributed by atoms with van der Waals surface area (Å²) in [6.07, 6.45) is 1.45. The summed E-state index contributed by atoms with van der Waals surface area (Å²) in [5, 5.41) is 6.60. The van der Waals surface area contributed by atoms with Gasteiger partial charge in [-0.05, 0) is 25.8 Å². The Morgan fingerprint density at radius 1 is 1.41 bits per heavy atom. The van der Waals surface area contributed by atoms with Crippen molar-refractivity contribution in [1.82, 2.24) is 10.3 Å². The van der Waals surface area contributed by atoms with Crippen LogP contribution in [0.2, 0.25) is 0 Å². The van der Waals surface area contributed by atoms with Crippen LogP contribution < -0.4 is 5.32 Å². The van der Waals surface area contributed by atoms with E-state index in [0.717, 1.165) is 30.2 Å². The van der Waals surface area contributed by atoms with E-state index in [2.05, 4.69) is 43.4 Å². The molecule has 1 aromatic rings. The van der Waals surface area contributed by atoms with Crippen LogP contribution in [0.5, 0.6) is 0 Å². The summed E-state index contributed by atoms with van der Waals surface area (Å²) in [6.45, 7) is 11.2. The molecule has 1 N–H and O–H groups in total. The van der Waals surface area contributed by atoms with Gasteiger partial charge in [-0.1, -0.05) is 20.8 Å². The second-order valence-electron chi connectivity index (χ2n) is 4.67. The minimum Gasteiger partial charge on any atom is -0.372 e. The zero-order valence-electron chi connectivity index (χ0n) is 11.3. The van der Waals surface area contributed by atoms with Gasteiger partial charge in [0.25, 0.3) is 0 Å². The number of ether oxygens (including phenoxy) is 1. The van der Waals surface area contributed by atoms with Gasteiger partial charge in [-0.2, -0.15) is 0 Å². The molecule has 0 bridgehead atoms. The maximum absolute atomic E-state index is 5.75. The summed E-state index contributed by atoms with van der Waals surface area (Å²) >= 11 is 1.71. The van der Waals surface area contributed by atoms with Gasteiger partial charge in [0.15, 0.2) is 0 Å². The average molecular weight is 256 g/mol. The highest BCUT2D eigenvalue weighted by Crippen LogP contribution is 2.13. The second kappa shape index (κ2) is 7.80. The van der Waals surface area contributed by atoms with Crippen LogP contribution in [0.4, 0.5) is 0 Å². The fourth-order valence-electron chi connectivity index (χ4n) is 1.28. The number of nitrogens with zero attached hydrogens (tertiary/aromatic N) is 1. The number of rotatable bonds is 8. The Balaban J connectivity index is 2.30. The van der Waals surface area contributed by atoms with E-state index in [1.54, 1.807) is 11.3 Å². The maximum Gasteiger partial charge on any atom is 0.107 e. The van der Waals surface area contributed by atoms with Crippen LogP contribution in [0.15, 0.2) is 5.38 Å². The van der Waals surface area contributed by atoms with Gasteiger partial charge in [-0.3, -0.25) is 0 Å². The highest BCUT2D eigenvalue weighted by atomic mass is 32.1. The molecule has 4 heteroatoms. The summed E-state index contributed by atoms with van der Waals surface area (Å²) in [6, 6.07) is 0. The van der Waals surface area contributed by atoms with E-state index in [1.165, 1.54) is 0 Å². The van der Waals surface area contributed by atoms with Gasteiger partial charge in [0.05, 0.1) is 18.4 Å². The van der Waals surface area contributed by atoms with Crippen molar-refractivity contribution in [3.63, 3.8) is 0 Å². The molecule has 1 atom stereocenters. The van der Waals surface area contributed by atoms with E-state index in [4.69, 9.17) is 4.74 Å².